The van der Waals surface area contributed by atoms with Gasteiger partial charge in [0, 0.05) is 31.4 Å². The number of benzene rings is 2. The Labute approximate surface area is 141 Å². The molecule has 24 heavy (non-hydrogen) atoms. The number of piperidine rings is 1. The van der Waals surface area contributed by atoms with E-state index in [1.807, 2.05) is 54.6 Å². The number of nitrogens with zero attached hydrogens (tertiary/aromatic N) is 2. The minimum absolute atomic E-state index is 0.0490. The summed E-state index contributed by atoms with van der Waals surface area (Å²) in [6.07, 6.45) is 0.126. The first-order valence-corrected chi connectivity index (χ1v) is 7.97. The highest BCUT2D eigenvalue weighted by Gasteiger charge is 2.55. The number of carbonyl (C=O) groups is 2. The van der Waals surface area contributed by atoms with Crippen molar-refractivity contribution in [2.45, 2.75) is 11.8 Å². The SMILES string of the molecule is C=C1CN(c2ccccc2)C(=O)CC12C(=O)N(C)c1ccccc12. The molecule has 2 amide bonds. The van der Waals surface area contributed by atoms with Crippen LogP contribution in [0, 0.1) is 0 Å². The average Bonchev–Trinajstić information content (AvgIpc) is 2.82. The lowest BCUT2D eigenvalue weighted by molar-refractivity contribution is -0.128. The minimum atomic E-state index is -0.923. The molecule has 0 saturated carbocycles. The van der Waals surface area contributed by atoms with Crippen LogP contribution in [-0.4, -0.2) is 25.4 Å². The summed E-state index contributed by atoms with van der Waals surface area (Å²) in [5.74, 6) is -0.109. The van der Waals surface area contributed by atoms with Crippen LogP contribution >= 0.6 is 0 Å². The van der Waals surface area contributed by atoms with Gasteiger partial charge >= 0.3 is 0 Å². The Morgan fingerprint density at radius 3 is 2.42 bits per heavy atom. The zero-order chi connectivity index (χ0) is 16.9. The molecule has 2 aromatic rings. The van der Waals surface area contributed by atoms with Crippen LogP contribution < -0.4 is 9.80 Å². The summed E-state index contributed by atoms with van der Waals surface area (Å²) in [5.41, 5.74) is 2.44. The van der Waals surface area contributed by atoms with E-state index in [0.717, 1.165) is 22.5 Å². The number of anilines is 2. The zero-order valence-corrected chi connectivity index (χ0v) is 13.5. The lowest BCUT2D eigenvalue weighted by Crippen LogP contribution is -2.52. The number of hydrogen-bond acceptors (Lipinski definition) is 2. The minimum Gasteiger partial charge on any atom is -0.314 e. The number of carbonyl (C=O) groups excluding carboxylic acids is 2. The summed E-state index contributed by atoms with van der Waals surface area (Å²) < 4.78 is 0. The smallest absolute Gasteiger partial charge is 0.242 e. The molecule has 2 heterocycles. The molecule has 1 atom stereocenters. The molecule has 0 radical (unpaired) electrons. The van der Waals surface area contributed by atoms with Crippen molar-refractivity contribution in [3.05, 3.63) is 72.3 Å². The Bertz CT molecular complexity index is 859. The third kappa shape index (κ3) is 1.80. The molecule has 2 aliphatic heterocycles. The van der Waals surface area contributed by atoms with Crippen molar-refractivity contribution in [1.82, 2.24) is 0 Å². The largest absolute Gasteiger partial charge is 0.314 e. The van der Waals surface area contributed by atoms with E-state index in [0.29, 0.717) is 6.54 Å². The van der Waals surface area contributed by atoms with Crippen LogP contribution in [0.5, 0.6) is 0 Å². The maximum atomic E-state index is 13.0. The molecule has 1 fully saturated rings. The van der Waals surface area contributed by atoms with E-state index in [1.165, 1.54) is 0 Å². The summed E-state index contributed by atoms with van der Waals surface area (Å²) in [6.45, 7) is 4.56. The molecule has 1 saturated heterocycles. The van der Waals surface area contributed by atoms with Gasteiger partial charge in [0.05, 0.1) is 0 Å². The van der Waals surface area contributed by atoms with Gasteiger partial charge in [-0.25, -0.2) is 0 Å². The third-order valence-electron chi connectivity index (χ3n) is 5.13. The van der Waals surface area contributed by atoms with Crippen LogP contribution in [-0.2, 0) is 15.0 Å². The van der Waals surface area contributed by atoms with Gasteiger partial charge in [-0.2, -0.15) is 0 Å². The summed E-state index contributed by atoms with van der Waals surface area (Å²) in [4.78, 5) is 29.3. The fraction of sp³-hybridized carbons (Fsp3) is 0.200. The normalized spacial score (nSPS) is 23.1. The Hall–Kier alpha value is -2.88. The third-order valence-corrected chi connectivity index (χ3v) is 5.13. The second-order valence-corrected chi connectivity index (χ2v) is 6.38. The van der Waals surface area contributed by atoms with E-state index in [1.54, 1.807) is 16.8 Å². The topological polar surface area (TPSA) is 40.6 Å². The van der Waals surface area contributed by atoms with Crippen molar-refractivity contribution in [3.8, 4) is 0 Å². The molecular formula is C20H18N2O2. The summed E-state index contributed by atoms with van der Waals surface area (Å²) in [5, 5.41) is 0. The van der Waals surface area contributed by atoms with Gasteiger partial charge in [0.2, 0.25) is 11.8 Å². The van der Waals surface area contributed by atoms with E-state index >= 15 is 0 Å². The highest BCUT2D eigenvalue weighted by molar-refractivity contribution is 6.14. The summed E-state index contributed by atoms with van der Waals surface area (Å²) in [7, 11) is 1.76. The molecule has 0 aromatic heterocycles. The fourth-order valence-corrected chi connectivity index (χ4v) is 3.85. The van der Waals surface area contributed by atoms with Gasteiger partial charge in [-0.3, -0.25) is 9.59 Å². The predicted octanol–water partition coefficient (Wildman–Crippen LogP) is 2.89. The number of rotatable bonds is 1. The van der Waals surface area contributed by atoms with Crippen LogP contribution in [0.4, 0.5) is 11.4 Å². The molecule has 0 N–H and O–H groups in total. The lowest BCUT2D eigenvalue weighted by atomic mass is 9.70. The number of likely N-dealkylation sites (N-methyl/N-ethyl adjacent to an activating group) is 1. The highest BCUT2D eigenvalue weighted by Crippen LogP contribution is 2.50. The fourth-order valence-electron chi connectivity index (χ4n) is 3.85. The van der Waals surface area contributed by atoms with Crippen molar-refractivity contribution < 1.29 is 9.59 Å². The number of amides is 2. The molecule has 0 bridgehead atoms. The van der Waals surface area contributed by atoms with Gasteiger partial charge in [-0.15, -0.1) is 0 Å². The highest BCUT2D eigenvalue weighted by atomic mass is 16.2. The first-order valence-electron chi connectivity index (χ1n) is 7.97. The summed E-state index contributed by atoms with van der Waals surface area (Å²) >= 11 is 0. The molecule has 120 valence electrons. The van der Waals surface area contributed by atoms with Gasteiger partial charge < -0.3 is 9.80 Å². The van der Waals surface area contributed by atoms with Gasteiger partial charge in [-0.05, 0) is 29.3 Å². The maximum Gasteiger partial charge on any atom is 0.242 e. The van der Waals surface area contributed by atoms with Crippen molar-refractivity contribution in [2.75, 3.05) is 23.4 Å². The Morgan fingerprint density at radius 2 is 1.67 bits per heavy atom. The second kappa shape index (κ2) is 5.06. The van der Waals surface area contributed by atoms with Crippen molar-refractivity contribution >= 4 is 23.2 Å². The van der Waals surface area contributed by atoms with Crippen molar-refractivity contribution in [3.63, 3.8) is 0 Å². The lowest BCUT2D eigenvalue weighted by Gasteiger charge is -2.39. The van der Waals surface area contributed by atoms with Crippen LogP contribution in [0.3, 0.4) is 0 Å². The van der Waals surface area contributed by atoms with Crippen LogP contribution in [0.2, 0.25) is 0 Å². The number of para-hydroxylation sites is 2. The van der Waals surface area contributed by atoms with Crippen molar-refractivity contribution in [1.29, 1.82) is 0 Å². The van der Waals surface area contributed by atoms with E-state index in [9.17, 15) is 9.59 Å². The van der Waals surface area contributed by atoms with E-state index in [-0.39, 0.29) is 18.2 Å². The molecule has 1 unspecified atom stereocenters. The Morgan fingerprint density at radius 1 is 1.00 bits per heavy atom. The van der Waals surface area contributed by atoms with Crippen LogP contribution in [0.15, 0.2) is 66.7 Å². The Balaban J connectivity index is 1.79. The summed E-state index contributed by atoms with van der Waals surface area (Å²) in [6, 6.07) is 17.2. The predicted molar refractivity (Wildman–Crippen MR) is 94.1 cm³/mol. The maximum absolute atomic E-state index is 13.0. The molecule has 2 aliphatic rings. The first kappa shape index (κ1) is 14.7. The Kier molecular flexibility index (Phi) is 3.10. The number of hydrogen-bond donors (Lipinski definition) is 0. The first-order chi connectivity index (χ1) is 11.6. The quantitative estimate of drug-likeness (QED) is 0.759. The average molecular weight is 318 g/mol. The molecule has 4 rings (SSSR count). The molecular weight excluding hydrogens is 300 g/mol. The van der Waals surface area contributed by atoms with Crippen LogP contribution in [0.25, 0.3) is 0 Å². The van der Waals surface area contributed by atoms with Gasteiger partial charge in [0.25, 0.3) is 0 Å². The number of fused-ring (bicyclic) bond motifs is 2. The zero-order valence-electron chi connectivity index (χ0n) is 13.5. The monoisotopic (exact) mass is 318 g/mol. The van der Waals surface area contributed by atoms with Crippen LogP contribution in [0.1, 0.15) is 12.0 Å². The molecule has 4 heteroatoms. The van der Waals surface area contributed by atoms with Gasteiger partial charge in [0.15, 0.2) is 0 Å². The van der Waals surface area contributed by atoms with E-state index in [2.05, 4.69) is 6.58 Å². The van der Waals surface area contributed by atoms with Gasteiger partial charge in [0.1, 0.15) is 5.41 Å². The second-order valence-electron chi connectivity index (χ2n) is 6.38. The molecule has 4 nitrogen and oxygen atoms in total. The standard InChI is InChI=1S/C20H18N2O2/c1-14-13-22(15-8-4-3-5-9-15)18(23)12-20(14)16-10-6-7-11-17(16)21(2)19(20)24/h3-11H,1,12-13H2,2H3. The molecule has 1 spiro atoms. The van der Waals surface area contributed by atoms with E-state index < -0.39 is 5.41 Å². The molecule has 0 aliphatic carbocycles. The van der Waals surface area contributed by atoms with Crippen molar-refractivity contribution in [2.24, 2.45) is 0 Å². The molecule has 2 aromatic carbocycles. The van der Waals surface area contributed by atoms with Gasteiger partial charge in [-0.1, -0.05) is 43.0 Å². The van der Waals surface area contributed by atoms with E-state index in [4.69, 9.17) is 0 Å².